The van der Waals surface area contributed by atoms with Gasteiger partial charge in [-0.3, -0.25) is 4.90 Å². The lowest BCUT2D eigenvalue weighted by Crippen LogP contribution is -2.51. The highest BCUT2D eigenvalue weighted by molar-refractivity contribution is 5.67. The number of piperazine rings is 1. The molecule has 0 spiro atoms. The Morgan fingerprint density at radius 3 is 2.89 bits per heavy atom. The molecule has 1 aliphatic rings. The fourth-order valence-corrected chi connectivity index (χ4v) is 2.36. The normalized spacial score (nSPS) is 21.1. The standard InChI is InChI=1S/C12H21N5O/c1-4-9-7-17(6-5-16(9)2)11-10(13)12(18-3)15-8-14-11/h8-9H,4-7,13H2,1-3H3. The minimum absolute atomic E-state index is 0.451. The van der Waals surface area contributed by atoms with Crippen LogP contribution in [0, 0.1) is 0 Å². The Kier molecular flexibility index (Phi) is 3.86. The van der Waals surface area contributed by atoms with Gasteiger partial charge in [0.2, 0.25) is 5.88 Å². The van der Waals surface area contributed by atoms with Crippen LogP contribution in [0.1, 0.15) is 13.3 Å². The number of ether oxygens (including phenoxy) is 1. The molecule has 100 valence electrons. The monoisotopic (exact) mass is 251 g/mol. The van der Waals surface area contributed by atoms with Crippen LogP contribution in [0.25, 0.3) is 0 Å². The number of aromatic nitrogens is 2. The van der Waals surface area contributed by atoms with E-state index in [2.05, 4.69) is 33.7 Å². The Labute approximate surface area is 108 Å². The van der Waals surface area contributed by atoms with E-state index in [9.17, 15) is 0 Å². The molecule has 2 rings (SSSR count). The van der Waals surface area contributed by atoms with Gasteiger partial charge in [-0.15, -0.1) is 0 Å². The van der Waals surface area contributed by atoms with E-state index >= 15 is 0 Å². The van der Waals surface area contributed by atoms with Crippen LogP contribution in [0.3, 0.4) is 0 Å². The van der Waals surface area contributed by atoms with Gasteiger partial charge < -0.3 is 15.4 Å². The highest BCUT2D eigenvalue weighted by Gasteiger charge is 2.25. The summed E-state index contributed by atoms with van der Waals surface area (Å²) in [6, 6.07) is 0.541. The molecular formula is C12H21N5O. The molecule has 0 radical (unpaired) electrons. The Morgan fingerprint density at radius 2 is 2.22 bits per heavy atom. The van der Waals surface area contributed by atoms with Gasteiger partial charge in [0, 0.05) is 25.7 Å². The maximum absolute atomic E-state index is 6.04. The molecule has 1 unspecified atom stereocenters. The molecule has 0 amide bonds. The first-order chi connectivity index (χ1) is 8.67. The number of anilines is 2. The third-order valence-corrected chi connectivity index (χ3v) is 3.57. The lowest BCUT2D eigenvalue weighted by atomic mass is 10.1. The predicted octanol–water partition coefficient (Wildman–Crippen LogP) is 0.598. The van der Waals surface area contributed by atoms with Crippen LogP contribution in [-0.4, -0.2) is 54.7 Å². The van der Waals surface area contributed by atoms with Gasteiger partial charge in [-0.05, 0) is 13.5 Å². The zero-order valence-corrected chi connectivity index (χ0v) is 11.3. The Bertz CT molecular complexity index is 411. The van der Waals surface area contributed by atoms with Gasteiger partial charge in [-0.25, -0.2) is 4.98 Å². The van der Waals surface area contributed by atoms with E-state index in [0.717, 1.165) is 31.9 Å². The molecular weight excluding hydrogens is 230 g/mol. The van der Waals surface area contributed by atoms with Crippen molar-refractivity contribution in [3.8, 4) is 5.88 Å². The third-order valence-electron chi connectivity index (χ3n) is 3.57. The SMILES string of the molecule is CCC1CN(c2ncnc(OC)c2N)CCN1C. The van der Waals surface area contributed by atoms with Crippen molar-refractivity contribution >= 4 is 11.5 Å². The average molecular weight is 251 g/mol. The van der Waals surface area contributed by atoms with E-state index in [1.807, 2.05) is 0 Å². The summed E-state index contributed by atoms with van der Waals surface area (Å²) in [6.07, 6.45) is 2.62. The second-order valence-electron chi connectivity index (χ2n) is 4.61. The Hall–Kier alpha value is -1.56. The van der Waals surface area contributed by atoms with Crippen molar-refractivity contribution in [2.75, 3.05) is 44.4 Å². The second kappa shape index (κ2) is 5.39. The predicted molar refractivity (Wildman–Crippen MR) is 71.9 cm³/mol. The third kappa shape index (κ3) is 2.33. The summed E-state index contributed by atoms with van der Waals surface area (Å²) in [7, 11) is 3.73. The first-order valence-corrected chi connectivity index (χ1v) is 6.27. The van der Waals surface area contributed by atoms with Crippen LogP contribution in [-0.2, 0) is 0 Å². The molecule has 0 aromatic carbocycles. The van der Waals surface area contributed by atoms with Crippen molar-refractivity contribution in [2.24, 2.45) is 0 Å². The van der Waals surface area contributed by atoms with E-state index in [-0.39, 0.29) is 0 Å². The molecule has 2 heterocycles. The van der Waals surface area contributed by atoms with E-state index in [0.29, 0.717) is 17.6 Å². The fraction of sp³-hybridized carbons (Fsp3) is 0.667. The highest BCUT2D eigenvalue weighted by Crippen LogP contribution is 2.29. The quantitative estimate of drug-likeness (QED) is 0.848. The minimum Gasteiger partial charge on any atom is -0.479 e. The first-order valence-electron chi connectivity index (χ1n) is 6.27. The lowest BCUT2D eigenvalue weighted by molar-refractivity contribution is 0.213. The summed E-state index contributed by atoms with van der Waals surface area (Å²) in [5.74, 6) is 1.24. The lowest BCUT2D eigenvalue weighted by Gasteiger charge is -2.40. The van der Waals surface area contributed by atoms with Crippen molar-refractivity contribution in [1.82, 2.24) is 14.9 Å². The first kappa shape index (κ1) is 12.9. The van der Waals surface area contributed by atoms with E-state index in [4.69, 9.17) is 10.5 Å². The van der Waals surface area contributed by atoms with Crippen molar-refractivity contribution in [2.45, 2.75) is 19.4 Å². The minimum atomic E-state index is 0.451. The van der Waals surface area contributed by atoms with Gasteiger partial charge in [0.25, 0.3) is 0 Å². The molecule has 1 aromatic rings. The van der Waals surface area contributed by atoms with Crippen molar-refractivity contribution < 1.29 is 4.74 Å². The molecule has 1 saturated heterocycles. The van der Waals surface area contributed by atoms with Crippen LogP contribution in [0.5, 0.6) is 5.88 Å². The Morgan fingerprint density at radius 1 is 1.44 bits per heavy atom. The molecule has 6 nitrogen and oxygen atoms in total. The van der Waals surface area contributed by atoms with Crippen molar-refractivity contribution in [1.29, 1.82) is 0 Å². The van der Waals surface area contributed by atoms with Crippen molar-refractivity contribution in [3.05, 3.63) is 6.33 Å². The number of rotatable bonds is 3. The smallest absolute Gasteiger partial charge is 0.242 e. The molecule has 0 saturated carbocycles. The molecule has 0 aliphatic carbocycles. The molecule has 0 bridgehead atoms. The van der Waals surface area contributed by atoms with E-state index in [1.165, 1.54) is 6.33 Å². The second-order valence-corrected chi connectivity index (χ2v) is 4.61. The largest absolute Gasteiger partial charge is 0.479 e. The number of likely N-dealkylation sites (N-methyl/N-ethyl adjacent to an activating group) is 1. The van der Waals surface area contributed by atoms with Crippen molar-refractivity contribution in [3.63, 3.8) is 0 Å². The molecule has 1 atom stereocenters. The summed E-state index contributed by atoms with van der Waals surface area (Å²) in [5, 5.41) is 0. The van der Waals surface area contributed by atoms with Gasteiger partial charge in [0.15, 0.2) is 5.82 Å². The molecule has 2 N–H and O–H groups in total. The number of nitrogens with two attached hydrogens (primary N) is 1. The van der Waals surface area contributed by atoms with Gasteiger partial charge in [-0.1, -0.05) is 6.92 Å². The maximum atomic E-state index is 6.04. The van der Waals surface area contributed by atoms with Gasteiger partial charge >= 0.3 is 0 Å². The number of hydrogen-bond donors (Lipinski definition) is 1. The maximum Gasteiger partial charge on any atom is 0.242 e. The van der Waals surface area contributed by atoms with Crippen LogP contribution < -0.4 is 15.4 Å². The molecule has 1 aromatic heterocycles. The summed E-state index contributed by atoms with van der Waals surface area (Å²) in [6.45, 7) is 5.09. The molecule has 1 fully saturated rings. The zero-order valence-electron chi connectivity index (χ0n) is 11.3. The van der Waals surface area contributed by atoms with Gasteiger partial charge in [-0.2, -0.15) is 4.98 Å². The molecule has 6 heteroatoms. The van der Waals surface area contributed by atoms with E-state index in [1.54, 1.807) is 7.11 Å². The highest BCUT2D eigenvalue weighted by atomic mass is 16.5. The zero-order chi connectivity index (χ0) is 13.1. The van der Waals surface area contributed by atoms with Gasteiger partial charge in [0.1, 0.15) is 12.0 Å². The van der Waals surface area contributed by atoms with Crippen LogP contribution in [0.2, 0.25) is 0 Å². The number of hydrogen-bond acceptors (Lipinski definition) is 6. The fourth-order valence-electron chi connectivity index (χ4n) is 2.36. The Balaban J connectivity index is 2.21. The van der Waals surface area contributed by atoms with Gasteiger partial charge in [0.05, 0.1) is 7.11 Å². The summed E-state index contributed by atoms with van der Waals surface area (Å²) in [4.78, 5) is 12.9. The molecule has 1 aliphatic heterocycles. The average Bonchev–Trinajstić information content (AvgIpc) is 2.40. The molecule has 18 heavy (non-hydrogen) atoms. The van der Waals surface area contributed by atoms with Crippen LogP contribution >= 0.6 is 0 Å². The summed E-state index contributed by atoms with van der Waals surface area (Å²) in [5.41, 5.74) is 6.57. The van der Waals surface area contributed by atoms with Crippen LogP contribution in [0.15, 0.2) is 6.33 Å². The van der Waals surface area contributed by atoms with E-state index < -0.39 is 0 Å². The van der Waals surface area contributed by atoms with Crippen LogP contribution in [0.4, 0.5) is 11.5 Å². The number of nitrogen functional groups attached to an aromatic ring is 1. The summed E-state index contributed by atoms with van der Waals surface area (Å²) < 4.78 is 5.14. The topological polar surface area (TPSA) is 67.5 Å². The summed E-state index contributed by atoms with van der Waals surface area (Å²) >= 11 is 0. The number of nitrogens with zero attached hydrogens (tertiary/aromatic N) is 4. The number of methoxy groups -OCH3 is 1.